The van der Waals surface area contributed by atoms with E-state index in [9.17, 15) is 0 Å². The minimum Gasteiger partial charge on any atom is -0.385 e. The Bertz CT molecular complexity index is 308. The average Bonchev–Trinajstić information content (AvgIpc) is 2.66. The third kappa shape index (κ3) is 1.12. The molecule has 3 aliphatic rings. The van der Waals surface area contributed by atoms with Gasteiger partial charge in [-0.05, 0) is 43.2 Å². The van der Waals surface area contributed by atoms with Crippen molar-refractivity contribution in [2.75, 3.05) is 6.79 Å². The highest BCUT2D eigenvalue weighted by molar-refractivity contribution is 5.38. The molecule has 3 heteroatoms. The van der Waals surface area contributed by atoms with Crippen molar-refractivity contribution in [3.05, 3.63) is 23.4 Å². The van der Waals surface area contributed by atoms with E-state index in [2.05, 4.69) is 18.3 Å². The van der Waals surface area contributed by atoms with Gasteiger partial charge in [0.15, 0.2) is 0 Å². The summed E-state index contributed by atoms with van der Waals surface area (Å²) in [5, 5.41) is 3.33. The van der Waals surface area contributed by atoms with Gasteiger partial charge in [0.2, 0.25) is 0 Å². The van der Waals surface area contributed by atoms with E-state index in [1.54, 1.807) is 0 Å². The zero-order valence-electron chi connectivity index (χ0n) is 8.32. The third-order valence-electron chi connectivity index (χ3n) is 3.37. The summed E-state index contributed by atoms with van der Waals surface area (Å²) in [5.41, 5.74) is 2.85. The molecule has 0 saturated carbocycles. The van der Waals surface area contributed by atoms with Crippen LogP contribution in [0.15, 0.2) is 23.4 Å². The first-order valence-electron chi connectivity index (χ1n) is 5.25. The molecule has 0 aromatic carbocycles. The summed E-state index contributed by atoms with van der Waals surface area (Å²) in [4.78, 5) is 0. The normalized spacial score (nSPS) is 40.5. The maximum Gasteiger partial charge on any atom is 0.148 e. The van der Waals surface area contributed by atoms with Gasteiger partial charge in [0.1, 0.15) is 12.9 Å². The molecule has 2 heterocycles. The highest BCUT2D eigenvalue weighted by Gasteiger charge is 2.37. The first kappa shape index (κ1) is 8.50. The molecule has 0 aromatic heterocycles. The lowest BCUT2D eigenvalue weighted by atomic mass is 9.83. The van der Waals surface area contributed by atoms with E-state index in [0.717, 1.165) is 12.8 Å². The molecule has 0 radical (unpaired) electrons. The molecule has 1 aliphatic carbocycles. The van der Waals surface area contributed by atoms with Gasteiger partial charge in [0.05, 0.1) is 6.10 Å². The zero-order chi connectivity index (χ0) is 9.54. The second-order valence-electron chi connectivity index (χ2n) is 4.15. The SMILES string of the molecule is CC1NC=CC2=C1CCC1OCOC21. The molecular weight excluding hydrogens is 178 g/mol. The van der Waals surface area contributed by atoms with Crippen LogP contribution in [0.5, 0.6) is 0 Å². The summed E-state index contributed by atoms with van der Waals surface area (Å²) in [6.07, 6.45) is 6.89. The predicted molar refractivity (Wildman–Crippen MR) is 52.6 cm³/mol. The van der Waals surface area contributed by atoms with Crippen LogP contribution in [0.3, 0.4) is 0 Å². The fraction of sp³-hybridized carbons (Fsp3) is 0.636. The van der Waals surface area contributed by atoms with E-state index in [1.807, 2.05) is 6.20 Å². The molecule has 3 nitrogen and oxygen atoms in total. The van der Waals surface area contributed by atoms with Gasteiger partial charge in [0, 0.05) is 6.04 Å². The van der Waals surface area contributed by atoms with Gasteiger partial charge in [-0.25, -0.2) is 0 Å². The van der Waals surface area contributed by atoms with Crippen LogP contribution in [0.1, 0.15) is 19.8 Å². The molecule has 1 fully saturated rings. The zero-order valence-corrected chi connectivity index (χ0v) is 8.32. The average molecular weight is 193 g/mol. The van der Waals surface area contributed by atoms with E-state index in [4.69, 9.17) is 9.47 Å². The minimum atomic E-state index is 0.194. The number of hydrogen-bond donors (Lipinski definition) is 1. The fourth-order valence-electron chi connectivity index (χ4n) is 2.60. The molecule has 2 aliphatic heterocycles. The Hall–Kier alpha value is -0.800. The topological polar surface area (TPSA) is 30.5 Å². The van der Waals surface area contributed by atoms with Gasteiger partial charge in [-0.2, -0.15) is 0 Å². The number of dihydropyridines is 1. The van der Waals surface area contributed by atoms with Gasteiger partial charge in [-0.15, -0.1) is 0 Å². The highest BCUT2D eigenvalue weighted by Crippen LogP contribution is 2.36. The summed E-state index contributed by atoms with van der Waals surface area (Å²) in [6, 6.07) is 0.458. The Balaban J connectivity index is 1.98. The molecule has 76 valence electrons. The van der Waals surface area contributed by atoms with Crippen LogP contribution in [0.2, 0.25) is 0 Å². The standard InChI is InChI=1S/C11H15NO2/c1-7-8-2-3-10-11(14-6-13-10)9(8)4-5-12-7/h4-5,7,10-12H,2-3,6H2,1H3. The number of fused-ring (bicyclic) bond motifs is 2. The van der Waals surface area contributed by atoms with E-state index >= 15 is 0 Å². The lowest BCUT2D eigenvalue weighted by Gasteiger charge is -2.32. The first-order valence-corrected chi connectivity index (χ1v) is 5.25. The minimum absolute atomic E-state index is 0.194. The largest absolute Gasteiger partial charge is 0.385 e. The van der Waals surface area contributed by atoms with Crippen molar-refractivity contribution in [1.82, 2.24) is 5.32 Å². The van der Waals surface area contributed by atoms with E-state index < -0.39 is 0 Å². The Kier molecular flexibility index (Phi) is 1.89. The Morgan fingerprint density at radius 2 is 2.36 bits per heavy atom. The predicted octanol–water partition coefficient (Wildman–Crippen LogP) is 1.32. The second-order valence-corrected chi connectivity index (χ2v) is 4.15. The van der Waals surface area contributed by atoms with Crippen molar-refractivity contribution in [3.8, 4) is 0 Å². The van der Waals surface area contributed by atoms with Crippen LogP contribution in [0.4, 0.5) is 0 Å². The smallest absolute Gasteiger partial charge is 0.148 e. The molecule has 0 bridgehead atoms. The van der Waals surface area contributed by atoms with Gasteiger partial charge in [-0.3, -0.25) is 0 Å². The van der Waals surface area contributed by atoms with Gasteiger partial charge in [-0.1, -0.05) is 0 Å². The number of ether oxygens (including phenoxy) is 2. The Morgan fingerprint density at radius 3 is 3.29 bits per heavy atom. The van der Waals surface area contributed by atoms with Crippen molar-refractivity contribution >= 4 is 0 Å². The van der Waals surface area contributed by atoms with Crippen LogP contribution < -0.4 is 5.32 Å². The molecule has 0 aromatic rings. The van der Waals surface area contributed by atoms with Crippen LogP contribution in [-0.2, 0) is 9.47 Å². The molecule has 3 atom stereocenters. The summed E-state index contributed by atoms with van der Waals surface area (Å²) in [5.74, 6) is 0. The van der Waals surface area contributed by atoms with Crippen LogP contribution in [0.25, 0.3) is 0 Å². The van der Waals surface area contributed by atoms with Crippen molar-refractivity contribution < 1.29 is 9.47 Å². The van der Waals surface area contributed by atoms with Gasteiger partial charge in [0.25, 0.3) is 0 Å². The van der Waals surface area contributed by atoms with Crippen molar-refractivity contribution in [1.29, 1.82) is 0 Å². The number of hydrogen-bond acceptors (Lipinski definition) is 3. The molecule has 3 rings (SSSR count). The Labute approximate surface area is 83.8 Å². The molecule has 14 heavy (non-hydrogen) atoms. The fourth-order valence-corrected chi connectivity index (χ4v) is 2.60. The van der Waals surface area contributed by atoms with E-state index in [1.165, 1.54) is 11.1 Å². The van der Waals surface area contributed by atoms with E-state index in [0.29, 0.717) is 18.9 Å². The van der Waals surface area contributed by atoms with Crippen molar-refractivity contribution in [2.24, 2.45) is 0 Å². The van der Waals surface area contributed by atoms with Crippen molar-refractivity contribution in [2.45, 2.75) is 38.0 Å². The highest BCUT2D eigenvalue weighted by atomic mass is 16.7. The monoisotopic (exact) mass is 193 g/mol. The lowest BCUT2D eigenvalue weighted by molar-refractivity contribution is 0.0420. The van der Waals surface area contributed by atoms with Crippen LogP contribution >= 0.6 is 0 Å². The maximum atomic E-state index is 5.62. The quantitative estimate of drug-likeness (QED) is 0.629. The summed E-state index contributed by atoms with van der Waals surface area (Å²) in [6.45, 7) is 2.66. The number of rotatable bonds is 0. The summed E-state index contributed by atoms with van der Waals surface area (Å²) >= 11 is 0. The molecular formula is C11H15NO2. The molecule has 0 amide bonds. The molecule has 0 spiro atoms. The summed E-state index contributed by atoms with van der Waals surface area (Å²) in [7, 11) is 0. The van der Waals surface area contributed by atoms with Crippen molar-refractivity contribution in [3.63, 3.8) is 0 Å². The van der Waals surface area contributed by atoms with Crippen LogP contribution in [-0.4, -0.2) is 25.0 Å². The van der Waals surface area contributed by atoms with Gasteiger partial charge < -0.3 is 14.8 Å². The Morgan fingerprint density at radius 1 is 1.43 bits per heavy atom. The van der Waals surface area contributed by atoms with Gasteiger partial charge >= 0.3 is 0 Å². The summed E-state index contributed by atoms with van der Waals surface area (Å²) < 4.78 is 11.1. The molecule has 1 N–H and O–H groups in total. The number of nitrogens with one attached hydrogen (secondary N) is 1. The second kappa shape index (κ2) is 3.11. The van der Waals surface area contributed by atoms with E-state index in [-0.39, 0.29) is 6.10 Å². The molecule has 3 unspecified atom stereocenters. The first-order chi connectivity index (χ1) is 6.86. The third-order valence-corrected chi connectivity index (χ3v) is 3.37. The maximum absolute atomic E-state index is 5.62. The lowest BCUT2D eigenvalue weighted by Crippen LogP contribution is -2.37. The van der Waals surface area contributed by atoms with Crippen LogP contribution in [0, 0.1) is 0 Å². The molecule has 1 saturated heterocycles.